The molecule has 0 spiro atoms. The van der Waals surface area contributed by atoms with E-state index in [2.05, 4.69) is 23.8 Å². The molecule has 0 atom stereocenters. The lowest BCUT2D eigenvalue weighted by Gasteiger charge is -2.06. The normalized spacial score (nSPS) is 11.4. The first kappa shape index (κ1) is 19.3. The van der Waals surface area contributed by atoms with Crippen LogP contribution >= 0.6 is 0 Å². The van der Waals surface area contributed by atoms with Gasteiger partial charge in [-0.15, -0.1) is 0 Å². The summed E-state index contributed by atoms with van der Waals surface area (Å²) in [5.41, 5.74) is 0. The lowest BCUT2D eigenvalue weighted by Crippen LogP contribution is -2.34. The Kier molecular flexibility index (Phi) is 7.89. The van der Waals surface area contributed by atoms with Gasteiger partial charge in [0.1, 0.15) is 11.5 Å². The van der Waals surface area contributed by atoms with Gasteiger partial charge in [0.25, 0.3) is 0 Å². The highest BCUT2D eigenvalue weighted by Gasteiger charge is 2.13. The fourth-order valence-corrected chi connectivity index (χ4v) is 2.30. The summed E-state index contributed by atoms with van der Waals surface area (Å²) in [6.45, 7) is 6.46. The van der Waals surface area contributed by atoms with Crippen molar-refractivity contribution in [1.29, 1.82) is 0 Å². The first-order valence-corrected chi connectivity index (χ1v) is 9.29. The molecule has 0 aromatic carbocycles. The van der Waals surface area contributed by atoms with Crippen LogP contribution in [-0.2, 0) is 29.3 Å². The van der Waals surface area contributed by atoms with E-state index in [1.165, 1.54) is 0 Å². The fraction of sp³-hybridized carbons (Fsp3) is 0.455. The van der Waals surface area contributed by atoms with Crippen molar-refractivity contribution in [3.8, 4) is 0 Å². The Bertz CT molecular complexity index is 553. The van der Waals surface area contributed by atoms with E-state index < -0.39 is 43.0 Å². The van der Waals surface area contributed by atoms with Crippen LogP contribution in [0, 0.1) is 0 Å². The molecular formula is C11H18N2O6S2. The zero-order chi connectivity index (χ0) is 16.5. The van der Waals surface area contributed by atoms with Gasteiger partial charge in [-0.2, -0.15) is 0 Å². The summed E-state index contributed by atoms with van der Waals surface area (Å²) >= 11 is 0. The zero-order valence-electron chi connectivity index (χ0n) is 11.4. The number of amides is 2. The molecule has 8 nitrogen and oxygen atoms in total. The molecule has 2 amide bonds. The fourth-order valence-electron chi connectivity index (χ4n) is 1.13. The molecule has 0 aliphatic carbocycles. The Morgan fingerprint density at radius 1 is 0.810 bits per heavy atom. The van der Waals surface area contributed by atoms with Gasteiger partial charge in [0, 0.05) is 23.9 Å². The lowest BCUT2D eigenvalue weighted by atomic mass is 10.4. The van der Waals surface area contributed by atoms with Crippen LogP contribution < -0.4 is 10.6 Å². The van der Waals surface area contributed by atoms with Gasteiger partial charge in [-0.1, -0.05) is 13.2 Å². The molecule has 0 aliphatic rings. The number of carbonyl (C=O) groups excluding carboxylic acids is 2. The molecule has 0 aromatic rings. The Labute approximate surface area is 124 Å². The van der Waals surface area contributed by atoms with E-state index in [0.29, 0.717) is 17.2 Å². The molecule has 0 heterocycles. The summed E-state index contributed by atoms with van der Waals surface area (Å²) in [6.07, 6.45) is 0.333. The van der Waals surface area contributed by atoms with Crippen molar-refractivity contribution in [3.05, 3.63) is 24.0 Å². The van der Waals surface area contributed by atoms with E-state index in [-0.39, 0.29) is 13.1 Å². The smallest absolute Gasteiger partial charge is 0.235 e. The SMILES string of the molecule is C=CS(=O)(=O)CC(=O)NCCCNC(=O)CS(=O)(=O)C=C. The van der Waals surface area contributed by atoms with Crippen molar-refractivity contribution >= 4 is 31.5 Å². The molecule has 0 saturated heterocycles. The molecule has 0 fully saturated rings. The van der Waals surface area contributed by atoms with Crippen LogP contribution in [-0.4, -0.2) is 53.2 Å². The van der Waals surface area contributed by atoms with E-state index in [4.69, 9.17) is 0 Å². The number of hydrogen-bond donors (Lipinski definition) is 2. The summed E-state index contributed by atoms with van der Waals surface area (Å²) in [7, 11) is -7.18. The van der Waals surface area contributed by atoms with Crippen molar-refractivity contribution in [2.24, 2.45) is 0 Å². The first-order chi connectivity index (χ1) is 9.62. The topological polar surface area (TPSA) is 126 Å². The number of carbonyl (C=O) groups is 2. The first-order valence-electron chi connectivity index (χ1n) is 5.85. The van der Waals surface area contributed by atoms with Gasteiger partial charge < -0.3 is 10.6 Å². The van der Waals surface area contributed by atoms with Crippen LogP contribution in [0.25, 0.3) is 0 Å². The van der Waals surface area contributed by atoms with Crippen molar-refractivity contribution < 1.29 is 26.4 Å². The van der Waals surface area contributed by atoms with Crippen LogP contribution in [0.2, 0.25) is 0 Å². The van der Waals surface area contributed by atoms with Crippen LogP contribution in [0.1, 0.15) is 6.42 Å². The highest BCUT2D eigenvalue weighted by molar-refractivity contribution is 7.95. The monoisotopic (exact) mass is 338 g/mol. The molecule has 2 N–H and O–H groups in total. The van der Waals surface area contributed by atoms with Gasteiger partial charge in [-0.05, 0) is 6.42 Å². The maximum atomic E-state index is 11.2. The molecule has 0 aromatic heterocycles. The predicted octanol–water partition coefficient (Wildman–Crippen LogP) is -1.27. The van der Waals surface area contributed by atoms with Gasteiger partial charge >= 0.3 is 0 Å². The van der Waals surface area contributed by atoms with E-state index in [1.807, 2.05) is 0 Å². The molecule has 0 saturated carbocycles. The van der Waals surface area contributed by atoms with Crippen LogP contribution in [0.4, 0.5) is 0 Å². The second kappa shape index (κ2) is 8.57. The lowest BCUT2D eigenvalue weighted by molar-refractivity contribution is -0.119. The Morgan fingerprint density at radius 2 is 1.14 bits per heavy atom. The van der Waals surface area contributed by atoms with Crippen molar-refractivity contribution in [2.75, 3.05) is 24.6 Å². The zero-order valence-corrected chi connectivity index (χ0v) is 13.0. The second-order valence-corrected chi connectivity index (χ2v) is 7.90. The van der Waals surface area contributed by atoms with Crippen LogP contribution in [0.15, 0.2) is 24.0 Å². The third-order valence-corrected chi connectivity index (χ3v) is 4.52. The van der Waals surface area contributed by atoms with Gasteiger partial charge in [0.05, 0.1) is 0 Å². The largest absolute Gasteiger partial charge is 0.355 e. The summed E-state index contributed by atoms with van der Waals surface area (Å²) in [5, 5.41) is 6.11. The third-order valence-electron chi connectivity index (χ3n) is 2.17. The molecule has 0 bridgehead atoms. The summed E-state index contributed by atoms with van der Waals surface area (Å²) in [6, 6.07) is 0. The Hall–Kier alpha value is -1.68. The van der Waals surface area contributed by atoms with Gasteiger partial charge in [-0.3, -0.25) is 9.59 Å². The van der Waals surface area contributed by atoms with Crippen molar-refractivity contribution in [3.63, 3.8) is 0 Å². The van der Waals surface area contributed by atoms with Gasteiger partial charge in [0.2, 0.25) is 11.8 Å². The minimum Gasteiger partial charge on any atom is -0.355 e. The van der Waals surface area contributed by atoms with E-state index >= 15 is 0 Å². The highest BCUT2D eigenvalue weighted by atomic mass is 32.2. The van der Waals surface area contributed by atoms with Crippen LogP contribution in [0.3, 0.4) is 0 Å². The van der Waals surface area contributed by atoms with Crippen molar-refractivity contribution in [1.82, 2.24) is 10.6 Å². The van der Waals surface area contributed by atoms with E-state index in [9.17, 15) is 26.4 Å². The molecule has 10 heteroatoms. The molecular weight excluding hydrogens is 320 g/mol. The highest BCUT2D eigenvalue weighted by Crippen LogP contribution is 1.91. The molecule has 0 unspecified atom stereocenters. The van der Waals surface area contributed by atoms with Gasteiger partial charge in [0.15, 0.2) is 19.7 Å². The maximum Gasteiger partial charge on any atom is 0.235 e. The standard InChI is InChI=1S/C11H18N2O6S2/c1-3-20(16,17)8-10(14)12-6-5-7-13-11(15)9-21(18,19)4-2/h3-4H,1-2,5-9H2,(H,12,14)(H,13,15). The summed E-state index contributed by atoms with van der Waals surface area (Å²) in [5.74, 6) is -2.70. The number of rotatable bonds is 10. The van der Waals surface area contributed by atoms with E-state index in [1.54, 1.807) is 0 Å². The molecule has 120 valence electrons. The Balaban J connectivity index is 3.88. The van der Waals surface area contributed by atoms with Crippen LogP contribution in [0.5, 0.6) is 0 Å². The minimum atomic E-state index is -3.59. The third kappa shape index (κ3) is 9.79. The molecule has 0 rings (SSSR count). The molecule has 21 heavy (non-hydrogen) atoms. The maximum absolute atomic E-state index is 11.2. The number of sulfone groups is 2. The summed E-state index contributed by atoms with van der Waals surface area (Å²) in [4.78, 5) is 22.5. The minimum absolute atomic E-state index is 0.153. The Morgan fingerprint density at radius 3 is 1.43 bits per heavy atom. The van der Waals surface area contributed by atoms with Crippen molar-refractivity contribution in [2.45, 2.75) is 6.42 Å². The number of nitrogens with one attached hydrogen (secondary N) is 2. The average molecular weight is 338 g/mol. The average Bonchev–Trinajstić information content (AvgIpc) is 2.37. The van der Waals surface area contributed by atoms with E-state index in [0.717, 1.165) is 0 Å². The molecule has 0 radical (unpaired) electrons. The summed E-state index contributed by atoms with van der Waals surface area (Å²) < 4.78 is 44.2. The molecule has 0 aliphatic heterocycles. The second-order valence-electron chi connectivity index (χ2n) is 4.00. The predicted molar refractivity (Wildman–Crippen MR) is 78.6 cm³/mol. The number of hydrogen-bond acceptors (Lipinski definition) is 6. The quantitative estimate of drug-likeness (QED) is 0.478. The van der Waals surface area contributed by atoms with Gasteiger partial charge in [-0.25, -0.2) is 16.8 Å².